The molecule has 8 nitrogen and oxygen atoms in total. The Hall–Kier alpha value is -3.01. The highest BCUT2D eigenvalue weighted by Gasteiger charge is 2.27. The monoisotopic (exact) mass is 556 g/mol. The Morgan fingerprint density at radius 2 is 1.87 bits per heavy atom. The smallest absolute Gasteiger partial charge is 0.407 e. The lowest BCUT2D eigenvalue weighted by Crippen LogP contribution is -2.45. The van der Waals surface area contributed by atoms with Gasteiger partial charge in [-0.15, -0.1) is 0 Å². The first-order valence-corrected chi connectivity index (χ1v) is 13.8. The highest BCUT2D eigenvalue weighted by atomic mass is 35.5. The number of para-hydroxylation sites is 1. The summed E-state index contributed by atoms with van der Waals surface area (Å²) in [6, 6.07) is 14.0. The summed E-state index contributed by atoms with van der Waals surface area (Å²) in [5.41, 5.74) is 3.33. The molecular weight excluding hydrogens is 524 g/mol. The van der Waals surface area contributed by atoms with E-state index in [-0.39, 0.29) is 17.2 Å². The molecule has 2 aromatic rings. The van der Waals surface area contributed by atoms with Crippen LogP contribution in [0.1, 0.15) is 50.3 Å². The van der Waals surface area contributed by atoms with Crippen molar-refractivity contribution >= 4 is 52.4 Å². The maximum Gasteiger partial charge on any atom is 0.407 e. The van der Waals surface area contributed by atoms with Gasteiger partial charge in [0.2, 0.25) is 0 Å². The number of hydrogen-bond donors (Lipinski definition) is 3. The summed E-state index contributed by atoms with van der Waals surface area (Å²) < 4.78 is 5.28. The van der Waals surface area contributed by atoms with Gasteiger partial charge in [0.25, 0.3) is 11.1 Å². The number of anilines is 1. The number of thioether (sulfide) groups is 1. The van der Waals surface area contributed by atoms with Crippen molar-refractivity contribution < 1.29 is 19.1 Å². The van der Waals surface area contributed by atoms with Crippen molar-refractivity contribution in [2.75, 3.05) is 18.0 Å². The fourth-order valence-electron chi connectivity index (χ4n) is 4.42. The molecule has 0 bridgehead atoms. The van der Waals surface area contributed by atoms with Gasteiger partial charge in [-0.25, -0.2) is 4.79 Å². The van der Waals surface area contributed by atoms with E-state index in [9.17, 15) is 14.4 Å². The van der Waals surface area contributed by atoms with Crippen molar-refractivity contribution in [2.45, 2.75) is 58.3 Å². The van der Waals surface area contributed by atoms with Crippen LogP contribution in [0.25, 0.3) is 6.08 Å². The van der Waals surface area contributed by atoms with E-state index in [2.05, 4.69) is 33.0 Å². The number of nitrogens with one attached hydrogen (secondary N) is 3. The Balaban J connectivity index is 1.34. The molecular formula is C28H33ClN4O4S. The maximum atomic E-state index is 12.1. The van der Waals surface area contributed by atoms with Crippen molar-refractivity contribution in [1.82, 2.24) is 16.0 Å². The third-order valence-electron chi connectivity index (χ3n) is 6.14. The average Bonchev–Trinajstić information content (AvgIpc) is 3.17. The number of rotatable bonds is 7. The van der Waals surface area contributed by atoms with Crippen molar-refractivity contribution in [3.05, 3.63) is 69.1 Å². The molecule has 0 unspecified atom stereocenters. The number of halogens is 1. The van der Waals surface area contributed by atoms with Gasteiger partial charge in [0.1, 0.15) is 5.60 Å². The van der Waals surface area contributed by atoms with Gasteiger partial charge in [-0.05, 0) is 68.6 Å². The number of hydrogen-bond acceptors (Lipinski definition) is 7. The molecule has 1 atom stereocenters. The van der Waals surface area contributed by atoms with Crippen LogP contribution in [0.5, 0.6) is 0 Å². The summed E-state index contributed by atoms with van der Waals surface area (Å²) in [6.07, 6.45) is 3.36. The molecule has 2 heterocycles. The van der Waals surface area contributed by atoms with Crippen LogP contribution in [0.3, 0.4) is 0 Å². The fourth-order valence-corrected chi connectivity index (χ4v) is 5.39. The average molecular weight is 557 g/mol. The van der Waals surface area contributed by atoms with Gasteiger partial charge in [-0.3, -0.25) is 14.9 Å². The van der Waals surface area contributed by atoms with Gasteiger partial charge in [0.15, 0.2) is 0 Å². The summed E-state index contributed by atoms with van der Waals surface area (Å²) in [5, 5.41) is 8.99. The van der Waals surface area contributed by atoms with E-state index in [1.165, 1.54) is 0 Å². The first-order chi connectivity index (χ1) is 18.1. The number of alkyl carbamates (subject to hydrolysis) is 1. The van der Waals surface area contributed by atoms with Crippen LogP contribution in [-0.2, 0) is 22.6 Å². The number of ether oxygens (including phenoxy) is 1. The zero-order valence-electron chi connectivity index (χ0n) is 21.8. The minimum Gasteiger partial charge on any atom is -0.444 e. The van der Waals surface area contributed by atoms with E-state index in [1.807, 2.05) is 51.1 Å². The molecule has 2 aliphatic rings. The number of carbonyl (C=O) groups excluding carboxylic acids is 3. The molecule has 10 heteroatoms. The summed E-state index contributed by atoms with van der Waals surface area (Å²) >= 11 is 7.53. The van der Waals surface area contributed by atoms with Crippen LogP contribution in [0, 0.1) is 0 Å². The molecule has 4 rings (SSSR count). The third-order valence-corrected chi connectivity index (χ3v) is 7.25. The number of piperidine rings is 1. The van der Waals surface area contributed by atoms with Crippen molar-refractivity contribution in [3.8, 4) is 0 Å². The second-order valence-electron chi connectivity index (χ2n) is 10.4. The molecule has 0 saturated carbocycles. The van der Waals surface area contributed by atoms with Crippen LogP contribution in [0.15, 0.2) is 47.4 Å². The Labute approximate surface area is 232 Å². The molecule has 2 aromatic carbocycles. The molecule has 0 aliphatic carbocycles. The second-order valence-corrected chi connectivity index (χ2v) is 11.8. The largest absolute Gasteiger partial charge is 0.444 e. The van der Waals surface area contributed by atoms with Gasteiger partial charge >= 0.3 is 6.09 Å². The van der Waals surface area contributed by atoms with Crippen molar-refractivity contribution in [1.29, 1.82) is 0 Å². The minimum atomic E-state index is -0.523. The number of imide groups is 1. The summed E-state index contributed by atoms with van der Waals surface area (Å²) in [6.45, 7) is 8.27. The first kappa shape index (κ1) is 28.0. The van der Waals surface area contributed by atoms with Crippen LogP contribution < -0.4 is 20.9 Å². The predicted octanol–water partition coefficient (Wildman–Crippen LogP) is 5.45. The number of benzene rings is 2. The summed E-state index contributed by atoms with van der Waals surface area (Å²) in [7, 11) is 0. The molecule has 202 valence electrons. The van der Waals surface area contributed by atoms with Gasteiger partial charge in [0.05, 0.1) is 15.6 Å². The van der Waals surface area contributed by atoms with Crippen LogP contribution >= 0.6 is 23.4 Å². The lowest BCUT2D eigenvalue weighted by Gasteiger charge is -2.36. The van der Waals surface area contributed by atoms with Crippen LogP contribution in [0.2, 0.25) is 5.02 Å². The van der Waals surface area contributed by atoms with Crippen molar-refractivity contribution in [2.24, 2.45) is 0 Å². The molecule has 0 spiro atoms. The fraction of sp³-hybridized carbons (Fsp3) is 0.393. The Morgan fingerprint density at radius 3 is 2.53 bits per heavy atom. The van der Waals surface area contributed by atoms with E-state index < -0.39 is 11.7 Å². The highest BCUT2D eigenvalue weighted by Crippen LogP contribution is 2.35. The minimum absolute atomic E-state index is 0.264. The van der Waals surface area contributed by atoms with Gasteiger partial charge in [0, 0.05) is 37.8 Å². The zero-order valence-corrected chi connectivity index (χ0v) is 23.4. The summed E-state index contributed by atoms with van der Waals surface area (Å²) in [4.78, 5) is 38.1. The molecule has 2 saturated heterocycles. The van der Waals surface area contributed by atoms with Crippen LogP contribution in [-0.4, -0.2) is 42.0 Å². The van der Waals surface area contributed by atoms with Gasteiger partial charge in [-0.1, -0.05) is 48.0 Å². The lowest BCUT2D eigenvalue weighted by molar-refractivity contribution is -0.115. The SMILES string of the molecule is CC(C)(C)OC(=O)NCc1ccc(CN[C@@H]2CCCN(c3c(Cl)cccc3/C=C3\SC(=O)NC3=O)C2)cc1. The number of nitrogens with zero attached hydrogens (tertiary/aromatic N) is 1. The topological polar surface area (TPSA) is 99.8 Å². The van der Waals surface area contributed by atoms with E-state index in [1.54, 1.807) is 6.08 Å². The van der Waals surface area contributed by atoms with Gasteiger partial charge in [-0.2, -0.15) is 0 Å². The van der Waals surface area contributed by atoms with Crippen molar-refractivity contribution in [3.63, 3.8) is 0 Å². The maximum absolute atomic E-state index is 12.1. The normalized spacial score (nSPS) is 19.0. The lowest BCUT2D eigenvalue weighted by atomic mass is 10.0. The Kier molecular flexibility index (Phi) is 9.02. The van der Waals surface area contributed by atoms with E-state index >= 15 is 0 Å². The van der Waals surface area contributed by atoms with E-state index in [0.717, 1.165) is 66.6 Å². The molecule has 3 N–H and O–H groups in total. The van der Waals surface area contributed by atoms with E-state index in [0.29, 0.717) is 16.5 Å². The molecule has 0 radical (unpaired) electrons. The molecule has 38 heavy (non-hydrogen) atoms. The standard InChI is InChI=1S/C28H33ClN4O4S/c1-28(2,3)37-26(35)31-16-19-11-9-18(10-12-19)15-30-21-7-5-13-33(17-21)24-20(6-4-8-22(24)29)14-23-25(34)32-27(36)38-23/h4,6,8-12,14,21,30H,5,7,13,15-17H2,1-3H3,(H,31,35)(H,32,34,36)/b23-14-/t21-/m1/s1. The summed E-state index contributed by atoms with van der Waals surface area (Å²) in [5.74, 6) is -0.379. The molecule has 2 fully saturated rings. The zero-order chi connectivity index (χ0) is 27.3. The Morgan fingerprint density at radius 1 is 1.16 bits per heavy atom. The molecule has 0 aromatic heterocycles. The molecule has 2 aliphatic heterocycles. The number of amides is 3. The van der Waals surface area contributed by atoms with Crippen LogP contribution in [0.4, 0.5) is 15.3 Å². The highest BCUT2D eigenvalue weighted by molar-refractivity contribution is 8.18. The third kappa shape index (κ3) is 7.75. The number of carbonyl (C=O) groups is 3. The second kappa shape index (κ2) is 12.2. The quantitative estimate of drug-likeness (QED) is 0.390. The van der Waals surface area contributed by atoms with Gasteiger partial charge < -0.3 is 20.3 Å². The first-order valence-electron chi connectivity index (χ1n) is 12.6. The predicted molar refractivity (Wildman–Crippen MR) is 152 cm³/mol. The molecule has 3 amide bonds. The Bertz CT molecular complexity index is 1230. The van der Waals surface area contributed by atoms with E-state index in [4.69, 9.17) is 16.3 Å².